The van der Waals surface area contributed by atoms with E-state index in [4.69, 9.17) is 12.2 Å². The summed E-state index contributed by atoms with van der Waals surface area (Å²) in [4.78, 5) is 4.91. The molecule has 1 heterocycles. The topological polar surface area (TPSA) is 17.8 Å². The average Bonchev–Trinajstić information content (AvgIpc) is 2.72. The van der Waals surface area contributed by atoms with Crippen molar-refractivity contribution in [2.45, 2.75) is 6.54 Å². The maximum Gasteiger partial charge on any atom is 0.0949 e. The Morgan fingerprint density at radius 1 is 1.29 bits per heavy atom. The largest absolute Gasteiger partial charge is 0.332 e. The van der Waals surface area contributed by atoms with E-state index >= 15 is 0 Å². The SMILES string of the molecule is S=C(Cn1ccnc1)c1ccccc1. The highest BCUT2D eigenvalue weighted by Crippen LogP contribution is 2.03. The number of imidazole rings is 1. The van der Waals surface area contributed by atoms with E-state index in [1.807, 2.05) is 41.1 Å². The van der Waals surface area contributed by atoms with Crippen LogP contribution in [-0.2, 0) is 6.54 Å². The molecule has 0 bridgehead atoms. The average molecular weight is 202 g/mol. The Hall–Kier alpha value is -1.48. The highest BCUT2D eigenvalue weighted by Gasteiger charge is 2.00. The Bertz CT molecular complexity index is 406. The molecule has 0 radical (unpaired) electrons. The van der Waals surface area contributed by atoms with Crippen LogP contribution in [0, 0.1) is 0 Å². The van der Waals surface area contributed by atoms with Crippen molar-refractivity contribution in [2.24, 2.45) is 0 Å². The van der Waals surface area contributed by atoms with Gasteiger partial charge in [-0.05, 0) is 5.56 Å². The van der Waals surface area contributed by atoms with Crippen LogP contribution in [0.2, 0.25) is 0 Å². The first-order chi connectivity index (χ1) is 6.86. The Kier molecular flexibility index (Phi) is 2.70. The summed E-state index contributed by atoms with van der Waals surface area (Å²) in [5.41, 5.74) is 1.11. The molecule has 2 nitrogen and oxygen atoms in total. The van der Waals surface area contributed by atoms with Gasteiger partial charge in [0.2, 0.25) is 0 Å². The predicted octanol–water partition coefficient (Wildman–Crippen LogP) is 2.30. The van der Waals surface area contributed by atoms with Gasteiger partial charge in [-0.3, -0.25) is 0 Å². The molecular formula is C11H10N2S. The van der Waals surface area contributed by atoms with Crippen LogP contribution in [0.15, 0.2) is 49.1 Å². The van der Waals surface area contributed by atoms with Crippen molar-refractivity contribution in [1.82, 2.24) is 9.55 Å². The number of hydrogen-bond donors (Lipinski definition) is 0. The summed E-state index contributed by atoms with van der Waals surface area (Å²) < 4.78 is 1.97. The highest BCUT2D eigenvalue weighted by molar-refractivity contribution is 7.80. The summed E-state index contributed by atoms with van der Waals surface area (Å²) in [6, 6.07) is 10.0. The summed E-state index contributed by atoms with van der Waals surface area (Å²) in [6.07, 6.45) is 5.44. The zero-order chi connectivity index (χ0) is 9.80. The van der Waals surface area contributed by atoms with Crippen LogP contribution >= 0.6 is 12.2 Å². The third-order valence-electron chi connectivity index (χ3n) is 1.98. The monoisotopic (exact) mass is 202 g/mol. The Morgan fingerprint density at radius 2 is 2.07 bits per heavy atom. The van der Waals surface area contributed by atoms with E-state index in [2.05, 4.69) is 4.98 Å². The van der Waals surface area contributed by atoms with Crippen LogP contribution in [0.5, 0.6) is 0 Å². The summed E-state index contributed by atoms with van der Waals surface area (Å²) in [5, 5.41) is 0. The molecule has 0 spiro atoms. The van der Waals surface area contributed by atoms with Gasteiger partial charge >= 0.3 is 0 Å². The molecule has 0 saturated heterocycles. The molecule has 1 aromatic heterocycles. The van der Waals surface area contributed by atoms with Crippen LogP contribution in [0.4, 0.5) is 0 Å². The van der Waals surface area contributed by atoms with Crippen LogP contribution in [0.25, 0.3) is 0 Å². The van der Waals surface area contributed by atoms with Gasteiger partial charge in [0.1, 0.15) is 0 Å². The fourth-order valence-corrected chi connectivity index (χ4v) is 1.55. The van der Waals surface area contributed by atoms with Crippen LogP contribution in [0.1, 0.15) is 5.56 Å². The molecule has 0 unspecified atom stereocenters. The van der Waals surface area contributed by atoms with Crippen LogP contribution in [0.3, 0.4) is 0 Å². The van der Waals surface area contributed by atoms with Gasteiger partial charge in [-0.1, -0.05) is 42.5 Å². The fraction of sp³-hybridized carbons (Fsp3) is 0.0909. The number of aromatic nitrogens is 2. The predicted molar refractivity (Wildman–Crippen MR) is 60.4 cm³/mol. The lowest BCUT2D eigenvalue weighted by molar-refractivity contribution is 0.859. The third kappa shape index (κ3) is 2.06. The number of thiocarbonyl (C=S) groups is 1. The molecule has 0 aliphatic carbocycles. The second-order valence-corrected chi connectivity index (χ2v) is 3.52. The van der Waals surface area contributed by atoms with Gasteiger partial charge in [0.05, 0.1) is 12.9 Å². The van der Waals surface area contributed by atoms with E-state index in [1.165, 1.54) is 0 Å². The van der Waals surface area contributed by atoms with E-state index in [1.54, 1.807) is 12.5 Å². The molecule has 2 aromatic rings. The van der Waals surface area contributed by atoms with Crippen LogP contribution in [-0.4, -0.2) is 14.4 Å². The maximum absolute atomic E-state index is 5.32. The van der Waals surface area contributed by atoms with Crippen LogP contribution < -0.4 is 0 Å². The van der Waals surface area contributed by atoms with Gasteiger partial charge in [0.15, 0.2) is 0 Å². The zero-order valence-electron chi connectivity index (χ0n) is 7.63. The molecule has 2 rings (SSSR count). The quantitative estimate of drug-likeness (QED) is 0.561. The molecule has 14 heavy (non-hydrogen) atoms. The summed E-state index contributed by atoms with van der Waals surface area (Å²) in [7, 11) is 0. The van der Waals surface area contributed by atoms with Gasteiger partial charge in [-0.15, -0.1) is 0 Å². The van der Waals surface area contributed by atoms with Gasteiger partial charge in [-0.25, -0.2) is 4.98 Å². The van der Waals surface area contributed by atoms with E-state index in [9.17, 15) is 0 Å². The first-order valence-corrected chi connectivity index (χ1v) is 4.81. The van der Waals surface area contributed by atoms with Gasteiger partial charge in [0, 0.05) is 17.3 Å². The van der Waals surface area contributed by atoms with Crippen molar-refractivity contribution in [3.63, 3.8) is 0 Å². The van der Waals surface area contributed by atoms with E-state index in [-0.39, 0.29) is 0 Å². The zero-order valence-corrected chi connectivity index (χ0v) is 8.45. The second kappa shape index (κ2) is 4.15. The smallest absolute Gasteiger partial charge is 0.0949 e. The third-order valence-corrected chi connectivity index (χ3v) is 2.35. The molecule has 0 N–H and O–H groups in total. The lowest BCUT2D eigenvalue weighted by atomic mass is 10.1. The summed E-state index contributed by atoms with van der Waals surface area (Å²) >= 11 is 5.32. The number of rotatable bonds is 3. The lowest BCUT2D eigenvalue weighted by Gasteiger charge is -2.03. The van der Waals surface area contributed by atoms with Crippen molar-refractivity contribution >= 4 is 17.1 Å². The van der Waals surface area contributed by atoms with E-state index < -0.39 is 0 Å². The van der Waals surface area contributed by atoms with E-state index in [0.717, 1.165) is 17.0 Å². The second-order valence-electron chi connectivity index (χ2n) is 3.02. The van der Waals surface area contributed by atoms with Crippen molar-refractivity contribution in [2.75, 3.05) is 0 Å². The minimum absolute atomic E-state index is 0.722. The molecular weight excluding hydrogens is 192 g/mol. The molecule has 0 atom stereocenters. The highest BCUT2D eigenvalue weighted by atomic mass is 32.1. The van der Waals surface area contributed by atoms with Gasteiger partial charge in [0.25, 0.3) is 0 Å². The molecule has 0 amide bonds. The summed E-state index contributed by atoms with van der Waals surface area (Å²) in [6.45, 7) is 0.722. The number of hydrogen-bond acceptors (Lipinski definition) is 2. The molecule has 0 saturated carbocycles. The molecule has 0 aliphatic rings. The first kappa shape index (κ1) is 9.09. The molecule has 0 aliphatic heterocycles. The Balaban J connectivity index is 2.11. The molecule has 0 fully saturated rings. The Labute approximate surface area is 88.2 Å². The van der Waals surface area contributed by atoms with Crippen molar-refractivity contribution in [1.29, 1.82) is 0 Å². The number of nitrogens with zero attached hydrogens (tertiary/aromatic N) is 2. The van der Waals surface area contributed by atoms with Gasteiger partial charge in [-0.2, -0.15) is 0 Å². The molecule has 70 valence electrons. The standard InChI is InChI=1S/C11H10N2S/c14-11(8-13-7-6-12-9-13)10-4-2-1-3-5-10/h1-7,9H,8H2. The minimum Gasteiger partial charge on any atom is -0.332 e. The van der Waals surface area contributed by atoms with Crippen molar-refractivity contribution in [3.8, 4) is 0 Å². The minimum atomic E-state index is 0.722. The maximum atomic E-state index is 5.32. The van der Waals surface area contributed by atoms with Gasteiger partial charge < -0.3 is 4.57 Å². The fourth-order valence-electron chi connectivity index (χ4n) is 1.26. The number of benzene rings is 1. The first-order valence-electron chi connectivity index (χ1n) is 4.40. The van der Waals surface area contributed by atoms with E-state index in [0.29, 0.717) is 0 Å². The lowest BCUT2D eigenvalue weighted by Crippen LogP contribution is -2.07. The molecule has 1 aromatic carbocycles. The van der Waals surface area contributed by atoms with Crippen molar-refractivity contribution in [3.05, 3.63) is 54.6 Å². The molecule has 3 heteroatoms. The Morgan fingerprint density at radius 3 is 2.71 bits per heavy atom. The normalized spacial score (nSPS) is 10.0. The summed E-state index contributed by atoms with van der Waals surface area (Å²) in [5.74, 6) is 0. The van der Waals surface area contributed by atoms with Crippen molar-refractivity contribution < 1.29 is 0 Å².